The molecule has 0 amide bonds. The van der Waals surface area contributed by atoms with Crippen molar-refractivity contribution in [3.05, 3.63) is 35.4 Å². The van der Waals surface area contributed by atoms with Gasteiger partial charge in [-0.15, -0.1) is 0 Å². The number of rotatable bonds is 5. The molecule has 112 valence electrons. The van der Waals surface area contributed by atoms with Gasteiger partial charge in [-0.25, -0.2) is 0 Å². The van der Waals surface area contributed by atoms with Gasteiger partial charge in [0.05, 0.1) is 5.92 Å². The van der Waals surface area contributed by atoms with Crippen LogP contribution in [-0.2, 0) is 32.3 Å². The Kier molecular flexibility index (Phi) is 9.09. The first-order valence-corrected chi connectivity index (χ1v) is 6.87. The van der Waals surface area contributed by atoms with Gasteiger partial charge >= 0.3 is 11.9 Å². The third kappa shape index (κ3) is 6.92. The Bertz CT molecular complexity index is 424. The van der Waals surface area contributed by atoms with Gasteiger partial charge < -0.3 is 9.47 Å². The van der Waals surface area contributed by atoms with Crippen LogP contribution in [0.25, 0.3) is 0 Å². The van der Waals surface area contributed by atoms with E-state index < -0.39 is 0 Å². The summed E-state index contributed by atoms with van der Waals surface area (Å²) in [5.41, 5.74) is 1.71. The molecule has 1 aromatic carbocycles. The second-order valence-electron chi connectivity index (χ2n) is 4.31. The van der Waals surface area contributed by atoms with Crippen LogP contribution in [0.5, 0.6) is 0 Å². The van der Waals surface area contributed by atoms with Crippen molar-refractivity contribution >= 4 is 11.9 Å². The highest BCUT2D eigenvalue weighted by Crippen LogP contribution is 2.12. The van der Waals surface area contributed by atoms with Gasteiger partial charge in [-0.2, -0.15) is 0 Å². The summed E-state index contributed by atoms with van der Waals surface area (Å²) in [5, 5.41) is 0. The van der Waals surface area contributed by atoms with Crippen LogP contribution in [0.3, 0.4) is 0 Å². The lowest BCUT2D eigenvalue weighted by molar-refractivity contribution is -0.149. The molecule has 0 atom stereocenters. The van der Waals surface area contributed by atoms with Crippen LogP contribution in [0, 0.1) is 5.92 Å². The van der Waals surface area contributed by atoms with Crippen molar-refractivity contribution in [2.24, 2.45) is 5.92 Å². The quantitative estimate of drug-likeness (QED) is 0.775. The first-order chi connectivity index (χ1) is 9.50. The summed E-state index contributed by atoms with van der Waals surface area (Å²) in [6.07, 6.45) is 0. The van der Waals surface area contributed by atoms with Gasteiger partial charge in [0, 0.05) is 6.92 Å². The van der Waals surface area contributed by atoms with Crippen molar-refractivity contribution in [2.75, 3.05) is 0 Å². The molecule has 0 aliphatic heterocycles. The lowest BCUT2D eigenvalue weighted by Crippen LogP contribution is -2.12. The predicted octanol–water partition coefficient (Wildman–Crippen LogP) is 3.48. The molecule has 0 aliphatic carbocycles. The van der Waals surface area contributed by atoms with E-state index in [4.69, 9.17) is 9.47 Å². The highest BCUT2D eigenvalue weighted by molar-refractivity contribution is 5.71. The van der Waals surface area contributed by atoms with Crippen LogP contribution in [0.2, 0.25) is 0 Å². The molecule has 0 saturated carbocycles. The molecule has 20 heavy (non-hydrogen) atoms. The zero-order valence-electron chi connectivity index (χ0n) is 12.9. The summed E-state index contributed by atoms with van der Waals surface area (Å²) < 4.78 is 10.1. The summed E-state index contributed by atoms with van der Waals surface area (Å²) in [4.78, 5) is 22.2. The summed E-state index contributed by atoms with van der Waals surface area (Å²) in [7, 11) is 0. The van der Waals surface area contributed by atoms with E-state index in [2.05, 4.69) is 0 Å². The molecule has 0 saturated heterocycles. The van der Waals surface area contributed by atoms with E-state index in [9.17, 15) is 9.59 Å². The Labute approximate surface area is 121 Å². The molecule has 0 unspecified atom stereocenters. The van der Waals surface area contributed by atoms with Crippen molar-refractivity contribution in [2.45, 2.75) is 47.8 Å². The van der Waals surface area contributed by atoms with Crippen molar-refractivity contribution in [1.82, 2.24) is 0 Å². The van der Waals surface area contributed by atoms with Crippen LogP contribution in [0.4, 0.5) is 0 Å². The zero-order chi connectivity index (χ0) is 15.5. The maximum absolute atomic E-state index is 11.4. The SMILES string of the molecule is CC.CC(=O)OCc1ccccc1COC(=O)C(C)C. The third-order valence-electron chi connectivity index (χ3n) is 2.39. The second kappa shape index (κ2) is 10.0. The maximum Gasteiger partial charge on any atom is 0.308 e. The largest absolute Gasteiger partial charge is 0.461 e. The van der Waals surface area contributed by atoms with Gasteiger partial charge in [0.2, 0.25) is 0 Å². The van der Waals surface area contributed by atoms with E-state index >= 15 is 0 Å². The normalized spacial score (nSPS) is 9.50. The van der Waals surface area contributed by atoms with Gasteiger partial charge in [-0.3, -0.25) is 9.59 Å². The van der Waals surface area contributed by atoms with Crippen LogP contribution in [0.15, 0.2) is 24.3 Å². The lowest BCUT2D eigenvalue weighted by atomic mass is 10.1. The van der Waals surface area contributed by atoms with E-state index in [1.165, 1.54) is 6.92 Å². The second-order valence-corrected chi connectivity index (χ2v) is 4.31. The minimum atomic E-state index is -0.330. The van der Waals surface area contributed by atoms with Crippen LogP contribution in [0.1, 0.15) is 45.7 Å². The lowest BCUT2D eigenvalue weighted by Gasteiger charge is -2.11. The van der Waals surface area contributed by atoms with Crippen LogP contribution >= 0.6 is 0 Å². The standard InChI is InChI=1S/C14H18O4.C2H6/c1-10(2)14(16)18-9-13-7-5-4-6-12(13)8-17-11(3)15;1-2/h4-7,10H,8-9H2,1-3H3;1-2H3. The van der Waals surface area contributed by atoms with E-state index in [1.54, 1.807) is 13.8 Å². The average molecular weight is 280 g/mol. The predicted molar refractivity (Wildman–Crippen MR) is 77.9 cm³/mol. The fourth-order valence-corrected chi connectivity index (χ4v) is 1.33. The molecule has 0 aliphatic rings. The van der Waals surface area contributed by atoms with E-state index in [0.29, 0.717) is 0 Å². The van der Waals surface area contributed by atoms with Gasteiger partial charge in [0.1, 0.15) is 13.2 Å². The summed E-state index contributed by atoms with van der Waals surface area (Å²) in [6, 6.07) is 7.41. The number of carbonyl (C=O) groups excluding carboxylic acids is 2. The minimum absolute atomic E-state index is 0.148. The molecule has 0 fully saturated rings. The fraction of sp³-hybridized carbons (Fsp3) is 0.500. The molecular formula is C16H24O4. The number of benzene rings is 1. The number of ether oxygens (including phenoxy) is 2. The van der Waals surface area contributed by atoms with E-state index in [-0.39, 0.29) is 31.1 Å². The van der Waals surface area contributed by atoms with E-state index in [1.807, 2.05) is 38.1 Å². The zero-order valence-corrected chi connectivity index (χ0v) is 12.9. The molecule has 0 heterocycles. The Morgan fingerprint density at radius 3 is 1.85 bits per heavy atom. The highest BCUT2D eigenvalue weighted by Gasteiger charge is 2.10. The molecule has 1 rings (SSSR count). The van der Waals surface area contributed by atoms with Crippen LogP contribution < -0.4 is 0 Å². The highest BCUT2D eigenvalue weighted by atomic mass is 16.5. The summed E-state index contributed by atoms with van der Waals surface area (Å²) in [6.45, 7) is 9.33. The molecule has 4 nitrogen and oxygen atoms in total. The molecule has 1 aromatic rings. The first-order valence-electron chi connectivity index (χ1n) is 6.87. The Hall–Kier alpha value is -1.84. The van der Waals surface area contributed by atoms with Gasteiger partial charge in [0.15, 0.2) is 0 Å². The number of carbonyl (C=O) groups is 2. The molecule has 0 bridgehead atoms. The smallest absolute Gasteiger partial charge is 0.308 e. The number of hydrogen-bond donors (Lipinski definition) is 0. The van der Waals surface area contributed by atoms with Crippen LogP contribution in [-0.4, -0.2) is 11.9 Å². The Morgan fingerprint density at radius 1 is 1.00 bits per heavy atom. The molecule has 4 heteroatoms. The fourth-order valence-electron chi connectivity index (χ4n) is 1.33. The Balaban J connectivity index is 0.00000172. The van der Waals surface area contributed by atoms with Gasteiger partial charge in [-0.05, 0) is 11.1 Å². The van der Waals surface area contributed by atoms with Crippen molar-refractivity contribution in [1.29, 1.82) is 0 Å². The van der Waals surface area contributed by atoms with Crippen molar-refractivity contribution in [3.8, 4) is 0 Å². The van der Waals surface area contributed by atoms with Crippen molar-refractivity contribution in [3.63, 3.8) is 0 Å². The van der Waals surface area contributed by atoms with E-state index in [0.717, 1.165) is 11.1 Å². The number of esters is 2. The van der Waals surface area contributed by atoms with Crippen molar-refractivity contribution < 1.29 is 19.1 Å². The third-order valence-corrected chi connectivity index (χ3v) is 2.39. The molecule has 0 radical (unpaired) electrons. The summed E-state index contributed by atoms with van der Waals surface area (Å²) >= 11 is 0. The molecule has 0 spiro atoms. The molecular weight excluding hydrogens is 256 g/mol. The van der Waals surface area contributed by atoms with Gasteiger partial charge in [0.25, 0.3) is 0 Å². The Morgan fingerprint density at radius 2 is 1.45 bits per heavy atom. The number of hydrogen-bond acceptors (Lipinski definition) is 4. The molecule has 0 N–H and O–H groups in total. The van der Waals surface area contributed by atoms with Gasteiger partial charge in [-0.1, -0.05) is 52.0 Å². The average Bonchev–Trinajstić information content (AvgIpc) is 2.45. The maximum atomic E-state index is 11.4. The topological polar surface area (TPSA) is 52.6 Å². The monoisotopic (exact) mass is 280 g/mol. The summed E-state index contributed by atoms with van der Waals surface area (Å²) in [5.74, 6) is -0.716. The molecule has 0 aromatic heterocycles. The first kappa shape index (κ1) is 18.2. The minimum Gasteiger partial charge on any atom is -0.461 e.